The number of ether oxygens (including phenoxy) is 2. The van der Waals surface area contributed by atoms with Crippen LogP contribution >= 0.6 is 0 Å². The van der Waals surface area contributed by atoms with Crippen molar-refractivity contribution >= 4 is 0 Å². The molecule has 0 aromatic rings. The molecule has 6 unspecified atom stereocenters. The second-order valence-corrected chi connectivity index (χ2v) is 10.1. The van der Waals surface area contributed by atoms with Gasteiger partial charge in [-0.15, -0.1) is 0 Å². The Balaban J connectivity index is 1.56. The molecule has 4 aliphatic rings. The molecule has 4 fully saturated rings. The highest BCUT2D eigenvalue weighted by Crippen LogP contribution is 2.54. The first kappa shape index (κ1) is 19.0. The maximum Gasteiger partial charge on any atom is 0.0926 e. The quantitative estimate of drug-likeness (QED) is 0.434. The molecule has 2 heteroatoms. The summed E-state index contributed by atoms with van der Waals surface area (Å²) in [5.74, 6) is 3.41. The van der Waals surface area contributed by atoms with Crippen LogP contribution in [-0.4, -0.2) is 24.4 Å². The van der Waals surface area contributed by atoms with Gasteiger partial charge in [0.1, 0.15) is 0 Å². The Hall–Kier alpha value is -0.340. The Labute approximate surface area is 161 Å². The summed E-state index contributed by atoms with van der Waals surface area (Å²) < 4.78 is 12.0. The summed E-state index contributed by atoms with van der Waals surface area (Å²) >= 11 is 0. The van der Waals surface area contributed by atoms with Gasteiger partial charge in [-0.1, -0.05) is 31.4 Å². The van der Waals surface area contributed by atoms with Crippen LogP contribution in [0.3, 0.4) is 0 Å². The SMILES string of the molecule is CCOC1CCC(=C(C2CCC3OC3(C)C2)C2CCC(C)CC2C)CC1. The molecule has 0 amide bonds. The van der Waals surface area contributed by atoms with Crippen LogP contribution in [0.25, 0.3) is 0 Å². The lowest BCUT2D eigenvalue weighted by molar-refractivity contribution is 0.0435. The number of hydrogen-bond donors (Lipinski definition) is 0. The summed E-state index contributed by atoms with van der Waals surface area (Å²) in [6.45, 7) is 10.4. The van der Waals surface area contributed by atoms with Gasteiger partial charge in [0, 0.05) is 6.61 Å². The van der Waals surface area contributed by atoms with Crippen LogP contribution in [-0.2, 0) is 9.47 Å². The predicted molar refractivity (Wildman–Crippen MR) is 107 cm³/mol. The minimum Gasteiger partial charge on any atom is -0.378 e. The zero-order valence-corrected chi connectivity index (χ0v) is 17.6. The molecule has 0 radical (unpaired) electrons. The second kappa shape index (κ2) is 7.59. The molecular formula is C24H40O2. The van der Waals surface area contributed by atoms with E-state index in [4.69, 9.17) is 9.47 Å². The highest BCUT2D eigenvalue weighted by atomic mass is 16.6. The van der Waals surface area contributed by atoms with Gasteiger partial charge in [-0.25, -0.2) is 0 Å². The Morgan fingerprint density at radius 3 is 2.50 bits per heavy atom. The van der Waals surface area contributed by atoms with Gasteiger partial charge in [0.05, 0.1) is 17.8 Å². The molecule has 0 aromatic heterocycles. The largest absolute Gasteiger partial charge is 0.378 e. The first-order valence-electron chi connectivity index (χ1n) is 11.5. The standard InChI is InChI=1S/C24H40O2/c1-5-25-20-10-7-18(8-11-20)23(21-12-6-16(2)14-17(21)3)19-9-13-22-24(4,15-19)26-22/h16-17,19-22H,5-15H2,1-4H3. The Morgan fingerprint density at radius 1 is 1.08 bits per heavy atom. The lowest BCUT2D eigenvalue weighted by Gasteiger charge is -2.41. The topological polar surface area (TPSA) is 21.8 Å². The molecule has 3 aliphatic carbocycles. The minimum absolute atomic E-state index is 0.211. The molecule has 1 aliphatic heterocycles. The van der Waals surface area contributed by atoms with Crippen LogP contribution < -0.4 is 0 Å². The van der Waals surface area contributed by atoms with E-state index < -0.39 is 0 Å². The van der Waals surface area contributed by atoms with Crippen molar-refractivity contribution in [3.63, 3.8) is 0 Å². The summed E-state index contributed by atoms with van der Waals surface area (Å²) in [5.41, 5.74) is 3.96. The summed E-state index contributed by atoms with van der Waals surface area (Å²) in [6.07, 6.45) is 14.4. The Bertz CT molecular complexity index is 528. The van der Waals surface area contributed by atoms with E-state index in [9.17, 15) is 0 Å². The van der Waals surface area contributed by atoms with Crippen molar-refractivity contribution in [2.45, 2.75) is 110 Å². The van der Waals surface area contributed by atoms with Gasteiger partial charge in [-0.3, -0.25) is 0 Å². The molecule has 2 nitrogen and oxygen atoms in total. The zero-order chi connectivity index (χ0) is 18.3. The van der Waals surface area contributed by atoms with Crippen molar-refractivity contribution in [2.24, 2.45) is 23.7 Å². The third kappa shape index (κ3) is 3.78. The summed E-state index contributed by atoms with van der Waals surface area (Å²) in [5, 5.41) is 0. The van der Waals surface area contributed by atoms with Crippen molar-refractivity contribution in [3.05, 3.63) is 11.1 Å². The van der Waals surface area contributed by atoms with E-state index in [0.29, 0.717) is 12.2 Å². The van der Waals surface area contributed by atoms with E-state index >= 15 is 0 Å². The molecule has 1 saturated heterocycles. The maximum atomic E-state index is 6.07. The van der Waals surface area contributed by atoms with Crippen molar-refractivity contribution in [3.8, 4) is 0 Å². The molecule has 3 saturated carbocycles. The Morgan fingerprint density at radius 2 is 1.85 bits per heavy atom. The predicted octanol–water partition coefficient (Wildman–Crippen LogP) is 6.29. The van der Waals surface area contributed by atoms with Crippen LogP contribution in [0.2, 0.25) is 0 Å². The molecular weight excluding hydrogens is 320 g/mol. The van der Waals surface area contributed by atoms with E-state index in [1.165, 1.54) is 64.2 Å². The Kier molecular flexibility index (Phi) is 5.54. The number of hydrogen-bond acceptors (Lipinski definition) is 2. The zero-order valence-electron chi connectivity index (χ0n) is 17.6. The fraction of sp³-hybridized carbons (Fsp3) is 0.917. The first-order valence-corrected chi connectivity index (χ1v) is 11.5. The lowest BCUT2D eigenvalue weighted by Crippen LogP contribution is -2.32. The highest BCUT2D eigenvalue weighted by molar-refractivity contribution is 5.26. The van der Waals surface area contributed by atoms with Crippen molar-refractivity contribution in [1.29, 1.82) is 0 Å². The van der Waals surface area contributed by atoms with E-state index in [1.54, 1.807) is 0 Å². The van der Waals surface area contributed by atoms with Gasteiger partial charge < -0.3 is 9.47 Å². The smallest absolute Gasteiger partial charge is 0.0926 e. The molecule has 148 valence electrons. The van der Waals surface area contributed by atoms with Gasteiger partial charge in [0.2, 0.25) is 0 Å². The van der Waals surface area contributed by atoms with Crippen molar-refractivity contribution in [2.75, 3.05) is 6.61 Å². The summed E-state index contributed by atoms with van der Waals surface area (Å²) in [7, 11) is 0. The molecule has 1 heterocycles. The van der Waals surface area contributed by atoms with Gasteiger partial charge in [-0.2, -0.15) is 0 Å². The molecule has 0 bridgehead atoms. The molecule has 4 rings (SSSR count). The third-order valence-electron chi connectivity index (χ3n) is 8.08. The molecule has 0 aromatic carbocycles. The van der Waals surface area contributed by atoms with E-state index in [0.717, 1.165) is 30.3 Å². The van der Waals surface area contributed by atoms with Gasteiger partial charge in [0.15, 0.2) is 0 Å². The monoisotopic (exact) mass is 360 g/mol. The molecule has 0 N–H and O–H groups in total. The van der Waals surface area contributed by atoms with E-state index in [2.05, 4.69) is 27.7 Å². The number of allylic oxidation sites excluding steroid dienone is 2. The van der Waals surface area contributed by atoms with Gasteiger partial charge >= 0.3 is 0 Å². The van der Waals surface area contributed by atoms with Crippen LogP contribution in [0.5, 0.6) is 0 Å². The number of rotatable bonds is 4. The molecule has 0 spiro atoms. The van der Waals surface area contributed by atoms with Crippen LogP contribution in [0.1, 0.15) is 91.9 Å². The maximum absolute atomic E-state index is 6.07. The average molecular weight is 361 g/mol. The van der Waals surface area contributed by atoms with Crippen molar-refractivity contribution < 1.29 is 9.47 Å². The third-order valence-corrected chi connectivity index (χ3v) is 8.08. The first-order chi connectivity index (χ1) is 12.5. The number of fused-ring (bicyclic) bond motifs is 1. The summed E-state index contributed by atoms with van der Waals surface area (Å²) in [4.78, 5) is 0. The highest BCUT2D eigenvalue weighted by Gasteiger charge is 2.56. The fourth-order valence-electron chi connectivity index (χ4n) is 6.66. The molecule has 26 heavy (non-hydrogen) atoms. The van der Waals surface area contributed by atoms with Crippen LogP contribution in [0.15, 0.2) is 11.1 Å². The van der Waals surface area contributed by atoms with E-state index in [1.807, 2.05) is 11.1 Å². The molecule has 6 atom stereocenters. The number of epoxide rings is 1. The van der Waals surface area contributed by atoms with Crippen molar-refractivity contribution in [1.82, 2.24) is 0 Å². The van der Waals surface area contributed by atoms with Gasteiger partial charge in [-0.05, 0) is 95.3 Å². The van der Waals surface area contributed by atoms with Gasteiger partial charge in [0.25, 0.3) is 0 Å². The van der Waals surface area contributed by atoms with Crippen LogP contribution in [0, 0.1) is 23.7 Å². The average Bonchev–Trinajstić information content (AvgIpc) is 3.29. The lowest BCUT2D eigenvalue weighted by atomic mass is 9.64. The van der Waals surface area contributed by atoms with Crippen LogP contribution in [0.4, 0.5) is 0 Å². The minimum atomic E-state index is 0.211. The fourth-order valence-corrected chi connectivity index (χ4v) is 6.66. The normalized spacial score (nSPS) is 45.9. The second-order valence-electron chi connectivity index (χ2n) is 10.1. The summed E-state index contributed by atoms with van der Waals surface area (Å²) in [6, 6.07) is 0. The van der Waals surface area contributed by atoms with E-state index in [-0.39, 0.29) is 5.60 Å².